The summed E-state index contributed by atoms with van der Waals surface area (Å²) < 4.78 is 5.37. The molecule has 0 radical (unpaired) electrons. The van der Waals surface area contributed by atoms with Crippen molar-refractivity contribution in [1.82, 2.24) is 9.80 Å². The molecule has 156 valence electrons. The number of amides is 1. The number of fused-ring (bicyclic) bond motifs is 1. The smallest absolute Gasteiger partial charge is 0.336 e. The molecule has 1 amide bonds. The van der Waals surface area contributed by atoms with Gasteiger partial charge in [0.2, 0.25) is 0 Å². The van der Waals surface area contributed by atoms with Gasteiger partial charge in [0.05, 0.1) is 0 Å². The summed E-state index contributed by atoms with van der Waals surface area (Å²) in [6, 6.07) is 15.5. The van der Waals surface area contributed by atoms with Crippen LogP contribution in [0.25, 0.3) is 11.0 Å². The first-order valence-electron chi connectivity index (χ1n) is 10.6. The first-order valence-corrected chi connectivity index (χ1v) is 10.6. The van der Waals surface area contributed by atoms with Crippen molar-refractivity contribution in [2.75, 3.05) is 26.2 Å². The molecule has 5 nitrogen and oxygen atoms in total. The molecule has 0 aliphatic carbocycles. The normalized spacial score (nSPS) is 15.1. The minimum absolute atomic E-state index is 0.0891. The molecule has 5 heteroatoms. The van der Waals surface area contributed by atoms with Crippen molar-refractivity contribution in [3.8, 4) is 0 Å². The van der Waals surface area contributed by atoms with Gasteiger partial charge in [-0.05, 0) is 47.7 Å². The molecule has 1 aliphatic heterocycles. The quantitative estimate of drug-likeness (QED) is 0.612. The van der Waals surface area contributed by atoms with Crippen molar-refractivity contribution < 1.29 is 9.21 Å². The average molecular weight is 405 g/mol. The van der Waals surface area contributed by atoms with Crippen LogP contribution in [0.3, 0.4) is 0 Å². The van der Waals surface area contributed by atoms with Gasteiger partial charge >= 0.3 is 5.63 Å². The molecule has 0 spiro atoms. The molecular weight excluding hydrogens is 376 g/mol. The van der Waals surface area contributed by atoms with Crippen LogP contribution in [0.4, 0.5) is 0 Å². The summed E-state index contributed by atoms with van der Waals surface area (Å²) in [5.41, 5.74) is 4.35. The van der Waals surface area contributed by atoms with E-state index in [9.17, 15) is 9.59 Å². The summed E-state index contributed by atoms with van der Waals surface area (Å²) in [6.07, 6.45) is 0. The van der Waals surface area contributed by atoms with Gasteiger partial charge in [-0.15, -0.1) is 0 Å². The van der Waals surface area contributed by atoms with E-state index in [0.29, 0.717) is 31.1 Å². The van der Waals surface area contributed by atoms with Crippen LogP contribution in [0.2, 0.25) is 0 Å². The second-order valence-corrected chi connectivity index (χ2v) is 8.44. The number of hydrogen-bond donors (Lipinski definition) is 0. The minimum Gasteiger partial charge on any atom is -0.423 e. The SMILES string of the molecule is Cc1ccc2c(CN3CCN(C(=O)c4ccc(C(C)C)cc4)CC3)cc(=O)oc2c1. The van der Waals surface area contributed by atoms with Crippen molar-refractivity contribution in [2.45, 2.75) is 33.2 Å². The molecule has 0 N–H and O–H groups in total. The third-order valence-corrected chi connectivity index (χ3v) is 5.86. The van der Waals surface area contributed by atoms with Gasteiger partial charge in [0.1, 0.15) is 5.58 Å². The van der Waals surface area contributed by atoms with Crippen molar-refractivity contribution in [2.24, 2.45) is 0 Å². The Morgan fingerprint density at radius 2 is 1.70 bits per heavy atom. The van der Waals surface area contributed by atoms with Crippen LogP contribution in [0.5, 0.6) is 0 Å². The molecule has 1 aromatic heterocycles. The first kappa shape index (κ1) is 20.4. The standard InChI is InChI=1S/C25H28N2O3/c1-17(2)19-5-7-20(8-6-19)25(29)27-12-10-26(11-13-27)16-21-15-24(28)30-23-14-18(3)4-9-22(21)23/h4-9,14-15,17H,10-13,16H2,1-3H3. The van der Waals surface area contributed by atoms with Crippen molar-refractivity contribution in [1.29, 1.82) is 0 Å². The summed E-state index contributed by atoms with van der Waals surface area (Å²) in [5, 5.41) is 0.976. The predicted molar refractivity (Wildman–Crippen MR) is 119 cm³/mol. The van der Waals surface area contributed by atoms with E-state index in [1.165, 1.54) is 5.56 Å². The summed E-state index contributed by atoms with van der Waals surface area (Å²) in [7, 11) is 0. The molecule has 4 rings (SSSR count). The van der Waals surface area contributed by atoms with E-state index < -0.39 is 0 Å². The van der Waals surface area contributed by atoms with Gasteiger partial charge in [0, 0.05) is 49.7 Å². The van der Waals surface area contributed by atoms with E-state index in [4.69, 9.17) is 4.42 Å². The zero-order valence-electron chi connectivity index (χ0n) is 17.9. The summed E-state index contributed by atoms with van der Waals surface area (Å²) in [5.74, 6) is 0.546. The van der Waals surface area contributed by atoms with Gasteiger partial charge < -0.3 is 9.32 Å². The maximum atomic E-state index is 12.9. The number of rotatable bonds is 4. The second-order valence-electron chi connectivity index (χ2n) is 8.44. The fraction of sp³-hybridized carbons (Fsp3) is 0.360. The van der Waals surface area contributed by atoms with Gasteiger partial charge in [-0.3, -0.25) is 9.69 Å². The zero-order valence-corrected chi connectivity index (χ0v) is 17.9. The Bertz CT molecular complexity index is 1110. The molecule has 1 fully saturated rings. The third kappa shape index (κ3) is 4.31. The summed E-state index contributed by atoms with van der Waals surface area (Å²) in [6.45, 7) is 9.89. The van der Waals surface area contributed by atoms with Gasteiger partial charge in [-0.25, -0.2) is 4.79 Å². The van der Waals surface area contributed by atoms with E-state index in [0.717, 1.165) is 35.2 Å². The van der Waals surface area contributed by atoms with Gasteiger partial charge in [0.25, 0.3) is 5.91 Å². The number of nitrogens with zero attached hydrogens (tertiary/aromatic N) is 2. The van der Waals surface area contributed by atoms with E-state index in [1.54, 1.807) is 6.07 Å². The molecule has 0 saturated carbocycles. The number of hydrogen-bond acceptors (Lipinski definition) is 4. The molecule has 0 bridgehead atoms. The molecule has 0 atom stereocenters. The average Bonchev–Trinajstić information content (AvgIpc) is 2.73. The molecule has 0 unspecified atom stereocenters. The van der Waals surface area contributed by atoms with Crippen molar-refractivity contribution in [3.63, 3.8) is 0 Å². The summed E-state index contributed by atoms with van der Waals surface area (Å²) in [4.78, 5) is 29.0. The monoisotopic (exact) mass is 404 g/mol. The van der Waals surface area contributed by atoms with Crippen LogP contribution >= 0.6 is 0 Å². The van der Waals surface area contributed by atoms with E-state index in [2.05, 4.69) is 18.7 Å². The van der Waals surface area contributed by atoms with Crippen LogP contribution in [0.15, 0.2) is 57.7 Å². The molecule has 2 aromatic carbocycles. The van der Waals surface area contributed by atoms with Gasteiger partial charge in [-0.1, -0.05) is 38.1 Å². The van der Waals surface area contributed by atoms with E-state index in [-0.39, 0.29) is 11.5 Å². The largest absolute Gasteiger partial charge is 0.423 e. The van der Waals surface area contributed by atoms with Crippen molar-refractivity contribution >= 4 is 16.9 Å². The fourth-order valence-electron chi connectivity index (χ4n) is 4.01. The predicted octanol–water partition coefficient (Wildman–Crippen LogP) is 4.18. The van der Waals surface area contributed by atoms with Crippen molar-refractivity contribution in [3.05, 3.63) is 81.2 Å². The molecule has 1 aliphatic rings. The van der Waals surface area contributed by atoms with Crippen LogP contribution in [-0.4, -0.2) is 41.9 Å². The number of aryl methyl sites for hydroxylation is 1. The highest BCUT2D eigenvalue weighted by Gasteiger charge is 2.23. The van der Waals surface area contributed by atoms with Gasteiger partial charge in [-0.2, -0.15) is 0 Å². The lowest BCUT2D eigenvalue weighted by Gasteiger charge is -2.35. The highest BCUT2D eigenvalue weighted by atomic mass is 16.4. The topological polar surface area (TPSA) is 53.8 Å². The first-order chi connectivity index (χ1) is 14.4. The Morgan fingerprint density at radius 1 is 1.00 bits per heavy atom. The number of piperazine rings is 1. The Labute approximate surface area is 176 Å². The van der Waals surface area contributed by atoms with Crippen LogP contribution < -0.4 is 5.63 Å². The lowest BCUT2D eigenvalue weighted by atomic mass is 10.0. The summed E-state index contributed by atoms with van der Waals surface area (Å²) >= 11 is 0. The third-order valence-electron chi connectivity index (χ3n) is 5.86. The number of carbonyl (C=O) groups is 1. The van der Waals surface area contributed by atoms with Gasteiger partial charge in [0.15, 0.2) is 0 Å². The maximum absolute atomic E-state index is 12.9. The molecule has 30 heavy (non-hydrogen) atoms. The molecule has 1 saturated heterocycles. The highest BCUT2D eigenvalue weighted by molar-refractivity contribution is 5.94. The van der Waals surface area contributed by atoms with E-state index >= 15 is 0 Å². The minimum atomic E-state index is -0.318. The Morgan fingerprint density at radius 3 is 2.37 bits per heavy atom. The lowest BCUT2D eigenvalue weighted by molar-refractivity contribution is 0.0629. The number of carbonyl (C=O) groups excluding carboxylic acids is 1. The fourth-order valence-corrected chi connectivity index (χ4v) is 4.01. The number of benzene rings is 2. The maximum Gasteiger partial charge on any atom is 0.336 e. The molecule has 3 aromatic rings. The van der Waals surface area contributed by atoms with Crippen LogP contribution in [0.1, 0.15) is 46.8 Å². The second kappa shape index (κ2) is 8.44. The molecule has 2 heterocycles. The Kier molecular flexibility index (Phi) is 5.73. The van der Waals surface area contributed by atoms with Crippen LogP contribution in [-0.2, 0) is 6.54 Å². The van der Waals surface area contributed by atoms with E-state index in [1.807, 2.05) is 54.3 Å². The highest BCUT2D eigenvalue weighted by Crippen LogP contribution is 2.21. The van der Waals surface area contributed by atoms with Crippen LogP contribution in [0, 0.1) is 6.92 Å². The zero-order chi connectivity index (χ0) is 21.3. The lowest BCUT2D eigenvalue weighted by Crippen LogP contribution is -2.48. The Balaban J connectivity index is 1.42. The molecular formula is C25H28N2O3. The Hall–Kier alpha value is -2.92.